The van der Waals surface area contributed by atoms with E-state index in [1.807, 2.05) is 62.3 Å². The van der Waals surface area contributed by atoms with Crippen molar-refractivity contribution in [1.29, 1.82) is 0 Å². The monoisotopic (exact) mass is 327 g/mol. The van der Waals surface area contributed by atoms with Gasteiger partial charge in [0.1, 0.15) is 11.7 Å². The van der Waals surface area contributed by atoms with Gasteiger partial charge >= 0.3 is 0 Å². The molecule has 1 unspecified atom stereocenters. The van der Waals surface area contributed by atoms with Crippen molar-refractivity contribution in [3.8, 4) is 0 Å². The number of rotatable bonds is 3. The van der Waals surface area contributed by atoms with Gasteiger partial charge in [0.05, 0.1) is 5.71 Å². The van der Waals surface area contributed by atoms with Gasteiger partial charge in [-0.3, -0.25) is 0 Å². The van der Waals surface area contributed by atoms with E-state index in [2.05, 4.69) is 9.98 Å². The smallest absolute Gasteiger partial charge is 0.204 e. The SMILES string of the molecule is CC1=NC(c2cccc(Cl)c2)(c2ccnc(N(C)C)c2)N=C1N. The molecule has 0 aliphatic carbocycles. The highest BCUT2D eigenvalue weighted by Gasteiger charge is 2.38. The summed E-state index contributed by atoms with van der Waals surface area (Å²) < 4.78 is 0. The third kappa shape index (κ3) is 2.68. The van der Waals surface area contributed by atoms with Crippen LogP contribution in [0, 0.1) is 0 Å². The normalized spacial score (nSPS) is 20.2. The number of aliphatic imine (C=N–C) groups is 2. The first-order chi connectivity index (χ1) is 10.9. The lowest BCUT2D eigenvalue weighted by atomic mass is 9.93. The van der Waals surface area contributed by atoms with Crippen LogP contribution < -0.4 is 10.6 Å². The van der Waals surface area contributed by atoms with Gasteiger partial charge in [-0.1, -0.05) is 23.7 Å². The summed E-state index contributed by atoms with van der Waals surface area (Å²) >= 11 is 6.18. The Morgan fingerprint density at radius 1 is 1.09 bits per heavy atom. The van der Waals surface area contributed by atoms with Gasteiger partial charge in [-0.2, -0.15) is 0 Å². The second-order valence-electron chi connectivity index (χ2n) is 5.67. The molecule has 0 amide bonds. The van der Waals surface area contributed by atoms with Crippen LogP contribution >= 0.6 is 11.6 Å². The van der Waals surface area contributed by atoms with E-state index in [4.69, 9.17) is 22.3 Å². The molecule has 0 bridgehead atoms. The number of benzene rings is 1. The minimum atomic E-state index is -0.910. The van der Waals surface area contributed by atoms with Crippen LogP contribution in [0.1, 0.15) is 18.1 Å². The largest absolute Gasteiger partial charge is 0.382 e. The van der Waals surface area contributed by atoms with Crippen LogP contribution in [0.4, 0.5) is 5.82 Å². The number of amidine groups is 1. The molecule has 118 valence electrons. The number of hydrogen-bond acceptors (Lipinski definition) is 5. The maximum atomic E-state index is 6.18. The van der Waals surface area contributed by atoms with Crippen LogP contribution in [-0.2, 0) is 5.66 Å². The quantitative estimate of drug-likeness (QED) is 0.942. The van der Waals surface area contributed by atoms with Crippen molar-refractivity contribution in [3.63, 3.8) is 0 Å². The average molecular weight is 328 g/mol. The molecule has 1 aromatic heterocycles. The molecule has 2 aromatic rings. The molecule has 1 aliphatic heterocycles. The molecular formula is C17H18ClN5. The van der Waals surface area contributed by atoms with E-state index < -0.39 is 5.66 Å². The topological polar surface area (TPSA) is 66.9 Å². The Morgan fingerprint density at radius 3 is 2.43 bits per heavy atom. The lowest BCUT2D eigenvalue weighted by Crippen LogP contribution is -2.23. The predicted octanol–water partition coefficient (Wildman–Crippen LogP) is 2.83. The predicted molar refractivity (Wildman–Crippen MR) is 95.5 cm³/mol. The van der Waals surface area contributed by atoms with Crippen molar-refractivity contribution in [2.45, 2.75) is 12.6 Å². The molecule has 1 aromatic carbocycles. The van der Waals surface area contributed by atoms with E-state index in [9.17, 15) is 0 Å². The fraction of sp³-hybridized carbons (Fsp3) is 0.235. The standard InChI is InChI=1S/C17H18ClN5/c1-11-16(19)22-17(21-11,12-5-4-6-14(18)9-12)13-7-8-20-15(10-13)23(2)3/h4-10H,1-3H3,(H2,19,22). The third-order valence-electron chi connectivity index (χ3n) is 3.82. The molecule has 2 heterocycles. The maximum Gasteiger partial charge on any atom is 0.204 e. The highest BCUT2D eigenvalue weighted by molar-refractivity contribution is 6.41. The summed E-state index contributed by atoms with van der Waals surface area (Å²) in [6, 6.07) is 11.4. The number of aromatic nitrogens is 1. The summed E-state index contributed by atoms with van der Waals surface area (Å²) in [5.41, 5.74) is 7.61. The van der Waals surface area contributed by atoms with Crippen molar-refractivity contribution >= 4 is 29.0 Å². The Balaban J connectivity index is 2.25. The van der Waals surface area contributed by atoms with Crippen LogP contribution in [0.2, 0.25) is 5.02 Å². The van der Waals surface area contributed by atoms with Gasteiger partial charge in [-0.15, -0.1) is 0 Å². The Hall–Kier alpha value is -2.40. The first kappa shape index (κ1) is 15.5. The van der Waals surface area contributed by atoms with Gasteiger partial charge in [0.25, 0.3) is 0 Å². The van der Waals surface area contributed by atoms with Gasteiger partial charge in [-0.05, 0) is 31.2 Å². The molecule has 0 spiro atoms. The molecule has 5 nitrogen and oxygen atoms in total. The number of hydrogen-bond donors (Lipinski definition) is 1. The fourth-order valence-corrected chi connectivity index (χ4v) is 2.78. The summed E-state index contributed by atoms with van der Waals surface area (Å²) in [5.74, 6) is 1.27. The molecule has 2 N–H and O–H groups in total. The molecule has 3 rings (SSSR count). The van der Waals surface area contributed by atoms with Crippen molar-refractivity contribution < 1.29 is 0 Å². The number of pyridine rings is 1. The Kier molecular flexibility index (Phi) is 3.82. The summed E-state index contributed by atoms with van der Waals surface area (Å²) in [6.45, 7) is 1.86. The summed E-state index contributed by atoms with van der Waals surface area (Å²) in [6.07, 6.45) is 1.76. The lowest BCUT2D eigenvalue weighted by molar-refractivity contribution is 0.587. The Morgan fingerprint density at radius 2 is 1.83 bits per heavy atom. The van der Waals surface area contributed by atoms with E-state index in [1.54, 1.807) is 6.20 Å². The molecular weight excluding hydrogens is 310 g/mol. The summed E-state index contributed by atoms with van der Waals surface area (Å²) in [7, 11) is 3.89. The highest BCUT2D eigenvalue weighted by Crippen LogP contribution is 2.39. The van der Waals surface area contributed by atoms with Gasteiger partial charge in [0, 0.05) is 36.4 Å². The Labute approximate surface area is 140 Å². The van der Waals surface area contributed by atoms with Crippen LogP contribution in [0.15, 0.2) is 52.6 Å². The Bertz CT molecular complexity index is 792. The highest BCUT2D eigenvalue weighted by atomic mass is 35.5. The molecule has 0 fully saturated rings. The van der Waals surface area contributed by atoms with Crippen LogP contribution in [0.3, 0.4) is 0 Å². The molecule has 6 heteroatoms. The second kappa shape index (κ2) is 5.66. The zero-order valence-electron chi connectivity index (χ0n) is 13.3. The minimum Gasteiger partial charge on any atom is -0.382 e. The van der Waals surface area contributed by atoms with E-state index in [0.29, 0.717) is 16.6 Å². The van der Waals surface area contributed by atoms with Crippen molar-refractivity contribution in [1.82, 2.24) is 4.98 Å². The molecule has 0 saturated heterocycles. The van der Waals surface area contributed by atoms with Crippen LogP contribution in [0.25, 0.3) is 0 Å². The van der Waals surface area contributed by atoms with Crippen molar-refractivity contribution in [2.75, 3.05) is 19.0 Å². The molecule has 1 aliphatic rings. The molecule has 0 radical (unpaired) electrons. The van der Waals surface area contributed by atoms with Crippen molar-refractivity contribution in [3.05, 3.63) is 58.7 Å². The van der Waals surface area contributed by atoms with E-state index >= 15 is 0 Å². The van der Waals surface area contributed by atoms with E-state index in [1.165, 1.54) is 0 Å². The second-order valence-corrected chi connectivity index (χ2v) is 6.11. The summed E-state index contributed by atoms with van der Waals surface area (Å²) in [4.78, 5) is 15.7. The van der Waals surface area contributed by atoms with Gasteiger partial charge in [-0.25, -0.2) is 15.0 Å². The number of anilines is 1. The summed E-state index contributed by atoms with van der Waals surface area (Å²) in [5, 5.41) is 0.636. The van der Waals surface area contributed by atoms with E-state index in [-0.39, 0.29) is 0 Å². The lowest BCUT2D eigenvalue weighted by Gasteiger charge is -2.25. The van der Waals surface area contributed by atoms with Crippen molar-refractivity contribution in [2.24, 2.45) is 15.7 Å². The third-order valence-corrected chi connectivity index (χ3v) is 4.05. The zero-order valence-corrected chi connectivity index (χ0v) is 14.0. The maximum absolute atomic E-state index is 6.18. The van der Waals surface area contributed by atoms with Crippen LogP contribution in [0.5, 0.6) is 0 Å². The minimum absolute atomic E-state index is 0.438. The number of halogens is 1. The molecule has 23 heavy (non-hydrogen) atoms. The van der Waals surface area contributed by atoms with Crippen LogP contribution in [-0.4, -0.2) is 30.6 Å². The molecule has 1 atom stereocenters. The van der Waals surface area contributed by atoms with E-state index in [0.717, 1.165) is 16.9 Å². The number of nitrogens with two attached hydrogens (primary N) is 1. The first-order valence-corrected chi connectivity index (χ1v) is 7.62. The van der Waals surface area contributed by atoms with Gasteiger partial charge in [0.15, 0.2) is 0 Å². The fourth-order valence-electron chi connectivity index (χ4n) is 2.59. The first-order valence-electron chi connectivity index (χ1n) is 7.24. The molecule has 0 saturated carbocycles. The van der Waals surface area contributed by atoms with Gasteiger partial charge in [0.2, 0.25) is 5.66 Å². The number of nitrogens with zero attached hydrogens (tertiary/aromatic N) is 4. The van der Waals surface area contributed by atoms with Gasteiger partial charge < -0.3 is 10.6 Å². The zero-order chi connectivity index (χ0) is 16.6. The average Bonchev–Trinajstić information content (AvgIpc) is 2.84.